The van der Waals surface area contributed by atoms with E-state index in [1.807, 2.05) is 45.0 Å². The van der Waals surface area contributed by atoms with Gasteiger partial charge >= 0.3 is 0 Å². The molecule has 1 heterocycles. The van der Waals surface area contributed by atoms with Gasteiger partial charge in [-0.1, -0.05) is 18.2 Å². The van der Waals surface area contributed by atoms with Gasteiger partial charge in [0, 0.05) is 28.2 Å². The molecule has 174 valence electrons. The third-order valence-electron chi connectivity index (χ3n) is 4.59. The molecule has 0 saturated carbocycles. The Morgan fingerprint density at radius 3 is 2.33 bits per heavy atom. The normalized spacial score (nSPS) is 10.9. The maximum Gasteiger partial charge on any atom is 0.259 e. The van der Waals surface area contributed by atoms with Gasteiger partial charge in [0.15, 0.2) is 11.5 Å². The first-order valence-electron chi connectivity index (χ1n) is 10.8. The first-order chi connectivity index (χ1) is 16.1. The van der Waals surface area contributed by atoms with Crippen molar-refractivity contribution in [2.24, 2.45) is 5.10 Å². The van der Waals surface area contributed by atoms with Crippen LogP contribution in [-0.4, -0.2) is 49.4 Å². The molecule has 2 amide bonds. The predicted molar refractivity (Wildman–Crippen MR) is 126 cm³/mol. The highest BCUT2D eigenvalue weighted by atomic mass is 16.5. The molecule has 9 heteroatoms. The van der Waals surface area contributed by atoms with Crippen LogP contribution in [0.1, 0.15) is 36.7 Å². The lowest BCUT2D eigenvalue weighted by Crippen LogP contribution is -2.35. The van der Waals surface area contributed by atoms with E-state index in [1.165, 1.54) is 0 Å². The van der Waals surface area contributed by atoms with Gasteiger partial charge < -0.3 is 24.5 Å². The third kappa shape index (κ3) is 6.03. The smallest absolute Gasteiger partial charge is 0.259 e. The number of ether oxygens (including phenoxy) is 3. The van der Waals surface area contributed by atoms with Crippen molar-refractivity contribution < 1.29 is 23.8 Å². The van der Waals surface area contributed by atoms with Crippen LogP contribution >= 0.6 is 0 Å². The number of para-hydroxylation sites is 1. The van der Waals surface area contributed by atoms with Crippen molar-refractivity contribution in [3.8, 4) is 17.2 Å². The van der Waals surface area contributed by atoms with Gasteiger partial charge in [-0.15, -0.1) is 0 Å². The highest BCUT2D eigenvalue weighted by molar-refractivity contribution is 6.00. The largest absolute Gasteiger partial charge is 0.490 e. The fraction of sp³-hybridized carbons (Fsp3) is 0.292. The number of benzene rings is 2. The van der Waals surface area contributed by atoms with Crippen LogP contribution in [0.25, 0.3) is 10.9 Å². The molecule has 0 aliphatic carbocycles. The molecule has 3 aromatic rings. The summed E-state index contributed by atoms with van der Waals surface area (Å²) >= 11 is 0. The van der Waals surface area contributed by atoms with E-state index >= 15 is 0 Å². The van der Waals surface area contributed by atoms with Gasteiger partial charge in [0.05, 0.1) is 32.6 Å². The number of hydrogen-bond acceptors (Lipinski definition) is 6. The van der Waals surface area contributed by atoms with E-state index in [-0.39, 0.29) is 6.54 Å². The van der Waals surface area contributed by atoms with Crippen LogP contribution in [0.4, 0.5) is 0 Å². The zero-order chi connectivity index (χ0) is 23.6. The van der Waals surface area contributed by atoms with Gasteiger partial charge in [-0.2, -0.15) is 5.10 Å². The summed E-state index contributed by atoms with van der Waals surface area (Å²) in [6, 6.07) is 10.9. The van der Waals surface area contributed by atoms with Crippen LogP contribution in [0.2, 0.25) is 0 Å². The maximum atomic E-state index is 12.7. The minimum atomic E-state index is -0.458. The summed E-state index contributed by atoms with van der Waals surface area (Å²) in [5.74, 6) is 0.352. The minimum Gasteiger partial charge on any atom is -0.490 e. The molecular formula is C24H28N4O5. The number of rotatable bonds is 11. The Morgan fingerprint density at radius 2 is 1.67 bits per heavy atom. The lowest BCUT2D eigenvalue weighted by molar-refractivity contribution is -0.120. The number of carbonyl (C=O) groups excluding carboxylic acids is 2. The number of carbonyl (C=O) groups is 2. The molecule has 33 heavy (non-hydrogen) atoms. The Bertz CT molecular complexity index is 1110. The number of amides is 2. The number of H-pyrrole nitrogens is 1. The van der Waals surface area contributed by atoms with Crippen molar-refractivity contribution in [2.45, 2.75) is 20.8 Å². The zero-order valence-electron chi connectivity index (χ0n) is 18.9. The second-order valence-electron chi connectivity index (χ2n) is 6.87. The molecular weight excluding hydrogens is 424 g/mol. The minimum absolute atomic E-state index is 0.245. The highest BCUT2D eigenvalue weighted by Crippen LogP contribution is 2.39. The maximum absolute atomic E-state index is 12.7. The van der Waals surface area contributed by atoms with Crippen molar-refractivity contribution >= 4 is 28.9 Å². The number of hydrogen-bond donors (Lipinski definition) is 3. The van der Waals surface area contributed by atoms with Crippen LogP contribution in [0.15, 0.2) is 47.7 Å². The second-order valence-corrected chi connectivity index (χ2v) is 6.87. The van der Waals surface area contributed by atoms with Gasteiger partial charge in [-0.25, -0.2) is 5.43 Å². The Kier molecular flexibility index (Phi) is 8.29. The molecule has 2 aromatic carbocycles. The average Bonchev–Trinajstić information content (AvgIpc) is 3.23. The summed E-state index contributed by atoms with van der Waals surface area (Å²) in [4.78, 5) is 27.9. The monoisotopic (exact) mass is 452 g/mol. The Balaban J connectivity index is 1.62. The van der Waals surface area contributed by atoms with E-state index < -0.39 is 11.8 Å². The molecule has 0 radical (unpaired) electrons. The van der Waals surface area contributed by atoms with E-state index in [0.29, 0.717) is 42.6 Å². The Morgan fingerprint density at radius 1 is 1.00 bits per heavy atom. The lowest BCUT2D eigenvalue weighted by atomic mass is 10.1. The Hall–Kier alpha value is -4.01. The van der Waals surface area contributed by atoms with Crippen molar-refractivity contribution in [3.05, 3.63) is 53.7 Å². The quantitative estimate of drug-likeness (QED) is 0.305. The summed E-state index contributed by atoms with van der Waals surface area (Å²) in [6.07, 6.45) is 3.35. The van der Waals surface area contributed by atoms with Gasteiger partial charge in [0.1, 0.15) is 0 Å². The van der Waals surface area contributed by atoms with E-state index in [0.717, 1.165) is 16.5 Å². The Labute approximate surface area is 192 Å². The fourth-order valence-electron chi connectivity index (χ4n) is 3.20. The van der Waals surface area contributed by atoms with E-state index in [9.17, 15) is 9.59 Å². The van der Waals surface area contributed by atoms with E-state index in [2.05, 4.69) is 20.8 Å². The number of nitrogens with zero attached hydrogens (tertiary/aromatic N) is 1. The summed E-state index contributed by atoms with van der Waals surface area (Å²) in [6.45, 7) is 6.50. The summed E-state index contributed by atoms with van der Waals surface area (Å²) in [5, 5.41) is 7.55. The van der Waals surface area contributed by atoms with Gasteiger partial charge in [0.25, 0.3) is 11.8 Å². The summed E-state index contributed by atoms with van der Waals surface area (Å²) < 4.78 is 16.9. The molecule has 3 rings (SSSR count). The first-order valence-corrected chi connectivity index (χ1v) is 10.8. The zero-order valence-corrected chi connectivity index (χ0v) is 18.9. The lowest BCUT2D eigenvalue weighted by Gasteiger charge is -2.17. The molecule has 0 aliphatic rings. The highest BCUT2D eigenvalue weighted by Gasteiger charge is 2.18. The number of nitrogens with one attached hydrogen (secondary N) is 3. The number of aromatic nitrogens is 1. The summed E-state index contributed by atoms with van der Waals surface area (Å²) in [5.41, 5.74) is 4.53. The molecule has 0 atom stereocenters. The topological polar surface area (TPSA) is 114 Å². The first kappa shape index (κ1) is 23.6. The number of fused-ring (bicyclic) bond motifs is 1. The molecule has 0 bridgehead atoms. The molecule has 0 saturated heterocycles. The SMILES string of the molecule is CCOc1cc(C(=O)NCC(=O)N/N=C/c2c[nH]c3ccccc23)cc(OCC)c1OCC. The average molecular weight is 453 g/mol. The van der Waals surface area contributed by atoms with Gasteiger partial charge in [0.2, 0.25) is 5.75 Å². The van der Waals surface area contributed by atoms with Crippen LogP contribution < -0.4 is 25.0 Å². The van der Waals surface area contributed by atoms with Crippen molar-refractivity contribution in [1.82, 2.24) is 15.7 Å². The molecule has 0 aliphatic heterocycles. The van der Waals surface area contributed by atoms with Gasteiger partial charge in [-0.05, 0) is 39.0 Å². The standard InChI is InChI=1S/C24H28N4O5/c1-4-31-20-11-16(12-21(32-5-2)23(20)33-6-3)24(30)26-15-22(29)28-27-14-17-13-25-19-10-8-7-9-18(17)19/h7-14,25H,4-6,15H2,1-3H3,(H,26,30)(H,28,29)/b27-14+. The van der Waals surface area contributed by atoms with E-state index in [1.54, 1.807) is 24.5 Å². The van der Waals surface area contributed by atoms with Crippen molar-refractivity contribution in [1.29, 1.82) is 0 Å². The van der Waals surface area contributed by atoms with Gasteiger partial charge in [-0.3, -0.25) is 9.59 Å². The van der Waals surface area contributed by atoms with Crippen molar-refractivity contribution in [3.63, 3.8) is 0 Å². The second kappa shape index (κ2) is 11.6. The molecule has 0 fully saturated rings. The summed E-state index contributed by atoms with van der Waals surface area (Å²) in [7, 11) is 0. The van der Waals surface area contributed by atoms with Crippen LogP contribution in [0.3, 0.4) is 0 Å². The number of aromatic amines is 1. The third-order valence-corrected chi connectivity index (χ3v) is 4.59. The molecule has 1 aromatic heterocycles. The molecule has 0 spiro atoms. The fourth-order valence-corrected chi connectivity index (χ4v) is 3.20. The van der Waals surface area contributed by atoms with Crippen LogP contribution in [-0.2, 0) is 4.79 Å². The molecule has 9 nitrogen and oxygen atoms in total. The number of hydrazone groups is 1. The van der Waals surface area contributed by atoms with Crippen molar-refractivity contribution in [2.75, 3.05) is 26.4 Å². The predicted octanol–water partition coefficient (Wildman–Crippen LogP) is 3.24. The van der Waals surface area contributed by atoms with Crippen LogP contribution in [0, 0.1) is 0 Å². The molecule has 0 unspecified atom stereocenters. The molecule has 3 N–H and O–H groups in total. The van der Waals surface area contributed by atoms with Crippen LogP contribution in [0.5, 0.6) is 17.2 Å². The van der Waals surface area contributed by atoms with E-state index in [4.69, 9.17) is 14.2 Å².